The third kappa shape index (κ3) is 5.10. The van der Waals surface area contributed by atoms with Gasteiger partial charge in [-0.3, -0.25) is 19.4 Å². The fraction of sp³-hybridized carbons (Fsp3) is 0.571. The molecular weight excluding hydrogens is 463 g/mol. The summed E-state index contributed by atoms with van der Waals surface area (Å²) in [5.41, 5.74) is -1.80. The van der Waals surface area contributed by atoms with Gasteiger partial charge in [-0.15, -0.1) is 0 Å². The Morgan fingerprint density at radius 1 is 1.18 bits per heavy atom. The monoisotopic (exact) mass is 487 g/mol. The first-order valence-electron chi connectivity index (χ1n) is 10.7. The van der Waals surface area contributed by atoms with Crippen molar-refractivity contribution in [3.05, 3.63) is 28.8 Å². The van der Waals surface area contributed by atoms with E-state index in [1.54, 1.807) is 6.92 Å². The van der Waals surface area contributed by atoms with Gasteiger partial charge in [0.05, 0.1) is 23.8 Å². The summed E-state index contributed by atoms with van der Waals surface area (Å²) in [7, 11) is 0. The van der Waals surface area contributed by atoms with Gasteiger partial charge in [-0.1, -0.05) is 11.6 Å². The fourth-order valence-corrected chi connectivity index (χ4v) is 4.52. The molecule has 3 fully saturated rings. The predicted octanol–water partition coefficient (Wildman–Crippen LogP) is 2.59. The molecule has 3 aliphatic rings. The largest absolute Gasteiger partial charge is 0.417 e. The van der Waals surface area contributed by atoms with Crippen LogP contribution >= 0.6 is 11.6 Å². The van der Waals surface area contributed by atoms with Crippen LogP contribution < -0.4 is 10.6 Å². The highest BCUT2D eigenvalue weighted by atomic mass is 35.5. The first-order chi connectivity index (χ1) is 15.5. The van der Waals surface area contributed by atoms with Crippen molar-refractivity contribution in [2.45, 2.75) is 31.5 Å². The molecule has 12 heteroatoms. The number of alkyl halides is 3. The Morgan fingerprint density at radius 3 is 2.42 bits per heavy atom. The van der Waals surface area contributed by atoms with Gasteiger partial charge in [0.2, 0.25) is 5.91 Å². The number of hydrogen-bond acceptors (Lipinski definition) is 5. The topological polar surface area (TPSA) is 85.0 Å². The number of carbonyl (C=O) groups excluding carboxylic acids is 3. The molecule has 0 aromatic heterocycles. The Morgan fingerprint density at radius 2 is 1.82 bits per heavy atom. The van der Waals surface area contributed by atoms with E-state index in [2.05, 4.69) is 10.6 Å². The summed E-state index contributed by atoms with van der Waals surface area (Å²) in [6.07, 6.45) is -2.74. The van der Waals surface area contributed by atoms with E-state index in [0.29, 0.717) is 26.2 Å². The van der Waals surface area contributed by atoms with Crippen LogP contribution in [0.4, 0.5) is 23.7 Å². The maximum Gasteiger partial charge on any atom is 0.417 e. The van der Waals surface area contributed by atoms with Crippen LogP contribution in [0, 0.1) is 5.92 Å². The Balaban J connectivity index is 1.26. The molecule has 0 unspecified atom stereocenters. The molecule has 2 saturated heterocycles. The first kappa shape index (κ1) is 23.8. The number of nitrogens with zero attached hydrogens (tertiary/aromatic N) is 3. The van der Waals surface area contributed by atoms with Crippen molar-refractivity contribution in [3.8, 4) is 0 Å². The zero-order valence-electron chi connectivity index (χ0n) is 18.0. The van der Waals surface area contributed by atoms with E-state index in [0.717, 1.165) is 25.0 Å². The molecule has 8 nitrogen and oxygen atoms in total. The molecule has 0 bridgehead atoms. The van der Waals surface area contributed by atoms with E-state index in [-0.39, 0.29) is 36.8 Å². The number of benzene rings is 1. The summed E-state index contributed by atoms with van der Waals surface area (Å²) in [4.78, 5) is 42.5. The maximum absolute atomic E-state index is 13.0. The number of urea groups is 1. The van der Waals surface area contributed by atoms with Gasteiger partial charge in [0.25, 0.3) is 5.91 Å². The average Bonchev–Trinajstić information content (AvgIpc) is 3.56. The van der Waals surface area contributed by atoms with Gasteiger partial charge >= 0.3 is 12.2 Å². The molecule has 1 saturated carbocycles. The molecule has 4 amide bonds. The quantitative estimate of drug-likeness (QED) is 0.603. The van der Waals surface area contributed by atoms with Gasteiger partial charge in [-0.05, 0) is 43.9 Å². The number of imide groups is 1. The molecule has 2 aliphatic heterocycles. The van der Waals surface area contributed by atoms with Crippen LogP contribution in [0.5, 0.6) is 0 Å². The van der Waals surface area contributed by atoms with Crippen LogP contribution in [0.2, 0.25) is 5.02 Å². The molecule has 2 heterocycles. The van der Waals surface area contributed by atoms with Gasteiger partial charge in [0.1, 0.15) is 5.54 Å². The summed E-state index contributed by atoms with van der Waals surface area (Å²) in [5.74, 6) is -0.437. The Labute approximate surface area is 194 Å². The van der Waals surface area contributed by atoms with Crippen molar-refractivity contribution in [1.29, 1.82) is 0 Å². The van der Waals surface area contributed by atoms with Crippen molar-refractivity contribution in [1.82, 2.24) is 20.0 Å². The van der Waals surface area contributed by atoms with E-state index >= 15 is 0 Å². The number of nitrogens with one attached hydrogen (secondary N) is 2. The average molecular weight is 488 g/mol. The van der Waals surface area contributed by atoms with Crippen LogP contribution in [-0.4, -0.2) is 77.5 Å². The highest BCUT2D eigenvalue weighted by Gasteiger charge is 2.56. The van der Waals surface area contributed by atoms with E-state index in [1.165, 1.54) is 11.0 Å². The van der Waals surface area contributed by atoms with Gasteiger partial charge < -0.3 is 10.6 Å². The van der Waals surface area contributed by atoms with E-state index in [9.17, 15) is 27.6 Å². The molecule has 180 valence electrons. The Hall–Kier alpha value is -2.37. The number of rotatable bonds is 6. The minimum Gasteiger partial charge on any atom is -0.325 e. The molecule has 1 aromatic carbocycles. The number of hydrogen-bond donors (Lipinski definition) is 2. The normalized spacial score (nSPS) is 24.8. The molecule has 1 aliphatic carbocycles. The van der Waals surface area contributed by atoms with Crippen molar-refractivity contribution < 1.29 is 27.6 Å². The van der Waals surface area contributed by atoms with Gasteiger partial charge in [-0.2, -0.15) is 13.2 Å². The second-order valence-electron chi connectivity index (χ2n) is 8.92. The molecule has 33 heavy (non-hydrogen) atoms. The number of halogens is 4. The van der Waals surface area contributed by atoms with E-state index in [4.69, 9.17) is 11.6 Å². The molecule has 4 rings (SSSR count). The van der Waals surface area contributed by atoms with Crippen molar-refractivity contribution in [3.63, 3.8) is 0 Å². The van der Waals surface area contributed by atoms with Crippen LogP contribution in [0.3, 0.4) is 0 Å². The van der Waals surface area contributed by atoms with Crippen molar-refractivity contribution in [2.75, 3.05) is 44.7 Å². The lowest BCUT2D eigenvalue weighted by atomic mass is 9.96. The van der Waals surface area contributed by atoms with Crippen LogP contribution in [0.1, 0.15) is 25.3 Å². The SMILES string of the molecule is C[C@@]1(C2CC2)NC(=O)N(CN2CCN(CC(=O)Nc3ccc(Cl)c(C(F)(F)F)c3)CC2)C1=O. The molecule has 2 N–H and O–H groups in total. The lowest BCUT2D eigenvalue weighted by molar-refractivity contribution is -0.137. The second kappa shape index (κ2) is 8.77. The molecule has 0 spiro atoms. The molecule has 0 radical (unpaired) electrons. The van der Waals surface area contributed by atoms with E-state index in [1.807, 2.05) is 9.80 Å². The highest BCUT2D eigenvalue weighted by Crippen LogP contribution is 2.42. The lowest BCUT2D eigenvalue weighted by Crippen LogP contribution is -2.53. The predicted molar refractivity (Wildman–Crippen MR) is 114 cm³/mol. The summed E-state index contributed by atoms with van der Waals surface area (Å²) < 4.78 is 39.0. The van der Waals surface area contributed by atoms with Crippen LogP contribution in [-0.2, 0) is 15.8 Å². The Kier molecular flexibility index (Phi) is 6.32. The minimum absolute atomic E-state index is 0.0146. The molecule has 1 aromatic rings. The zero-order chi connectivity index (χ0) is 24.0. The smallest absolute Gasteiger partial charge is 0.325 e. The Bertz CT molecular complexity index is 963. The second-order valence-corrected chi connectivity index (χ2v) is 9.32. The third-order valence-corrected chi connectivity index (χ3v) is 6.75. The van der Waals surface area contributed by atoms with Crippen molar-refractivity contribution in [2.24, 2.45) is 5.92 Å². The summed E-state index contributed by atoms with van der Waals surface area (Å²) >= 11 is 5.60. The fourth-order valence-electron chi connectivity index (χ4n) is 4.29. The number of piperazine rings is 1. The van der Waals surface area contributed by atoms with Gasteiger partial charge in [0.15, 0.2) is 0 Å². The molecule has 1 atom stereocenters. The summed E-state index contributed by atoms with van der Waals surface area (Å²) in [6.45, 7) is 4.11. The van der Waals surface area contributed by atoms with Crippen LogP contribution in [0.15, 0.2) is 18.2 Å². The van der Waals surface area contributed by atoms with Gasteiger partial charge in [-0.25, -0.2) is 9.69 Å². The summed E-state index contributed by atoms with van der Waals surface area (Å²) in [6, 6.07) is 2.85. The minimum atomic E-state index is -4.61. The van der Waals surface area contributed by atoms with Crippen molar-refractivity contribution >= 4 is 35.1 Å². The number of amides is 4. The maximum atomic E-state index is 13.0. The standard InChI is InChI=1S/C21H25ClF3N5O3/c1-20(13-2-3-13)18(32)30(19(33)27-20)12-29-8-6-28(7-9-29)11-17(31)26-14-4-5-16(22)15(10-14)21(23,24)25/h4-5,10,13H,2-3,6-9,11-12H2,1H3,(H,26,31)(H,27,33)/t20-/m0/s1. The number of anilines is 1. The van der Waals surface area contributed by atoms with E-state index < -0.39 is 28.2 Å². The third-order valence-electron chi connectivity index (χ3n) is 6.42. The van der Waals surface area contributed by atoms with Gasteiger partial charge in [0, 0.05) is 31.9 Å². The lowest BCUT2D eigenvalue weighted by Gasteiger charge is -2.35. The first-order valence-corrected chi connectivity index (χ1v) is 11.1. The molecular formula is C21H25ClF3N5O3. The zero-order valence-corrected chi connectivity index (χ0v) is 18.8. The van der Waals surface area contributed by atoms with Crippen LogP contribution in [0.25, 0.3) is 0 Å². The highest BCUT2D eigenvalue weighted by molar-refractivity contribution is 6.31. The number of carbonyl (C=O) groups is 3. The summed E-state index contributed by atoms with van der Waals surface area (Å²) in [5, 5.41) is 4.87.